The van der Waals surface area contributed by atoms with Gasteiger partial charge in [-0.3, -0.25) is 9.48 Å². The standard InChI is InChI=1S/C22H26N2O3/c1-14(2)24-22-15(3)5-6-18(20(22)12-23-24)13-27-19-9-7-17(8-10-19)16(4)11-21(25)26/h5-10,12,14,16H,11,13H2,1-4H3,(H,25,26). The summed E-state index contributed by atoms with van der Waals surface area (Å²) in [5, 5.41) is 14.6. The first-order valence-corrected chi connectivity index (χ1v) is 9.27. The van der Waals surface area contributed by atoms with E-state index < -0.39 is 5.97 Å². The third kappa shape index (κ3) is 4.13. The van der Waals surface area contributed by atoms with Crippen LogP contribution in [0.25, 0.3) is 10.9 Å². The molecule has 0 saturated heterocycles. The molecule has 0 amide bonds. The number of fused-ring (bicyclic) bond motifs is 1. The second kappa shape index (κ2) is 7.82. The second-order valence-corrected chi connectivity index (χ2v) is 7.34. The molecule has 0 aliphatic carbocycles. The molecule has 142 valence electrons. The predicted octanol–water partition coefficient (Wildman–Crippen LogP) is 5.08. The molecule has 27 heavy (non-hydrogen) atoms. The van der Waals surface area contributed by atoms with E-state index in [1.807, 2.05) is 42.1 Å². The molecule has 5 nitrogen and oxygen atoms in total. The van der Waals surface area contributed by atoms with Gasteiger partial charge in [-0.2, -0.15) is 5.10 Å². The second-order valence-electron chi connectivity index (χ2n) is 7.34. The van der Waals surface area contributed by atoms with Crippen molar-refractivity contribution in [3.8, 4) is 5.75 Å². The Hall–Kier alpha value is -2.82. The van der Waals surface area contributed by atoms with Crippen LogP contribution in [0.15, 0.2) is 42.6 Å². The molecule has 0 bridgehead atoms. The van der Waals surface area contributed by atoms with E-state index in [4.69, 9.17) is 9.84 Å². The van der Waals surface area contributed by atoms with E-state index in [-0.39, 0.29) is 12.3 Å². The summed E-state index contributed by atoms with van der Waals surface area (Å²) in [6.07, 6.45) is 2.04. The number of hydrogen-bond acceptors (Lipinski definition) is 3. The quantitative estimate of drug-likeness (QED) is 0.633. The molecule has 0 radical (unpaired) electrons. The van der Waals surface area contributed by atoms with Gasteiger partial charge in [0.05, 0.1) is 18.1 Å². The van der Waals surface area contributed by atoms with Crippen LogP contribution in [-0.4, -0.2) is 20.9 Å². The third-order valence-corrected chi connectivity index (χ3v) is 4.86. The van der Waals surface area contributed by atoms with Crippen molar-refractivity contribution in [1.29, 1.82) is 0 Å². The lowest BCUT2D eigenvalue weighted by molar-refractivity contribution is -0.137. The van der Waals surface area contributed by atoms with Crippen LogP contribution in [0.2, 0.25) is 0 Å². The third-order valence-electron chi connectivity index (χ3n) is 4.86. The monoisotopic (exact) mass is 366 g/mol. The van der Waals surface area contributed by atoms with Crippen molar-refractivity contribution in [2.75, 3.05) is 0 Å². The lowest BCUT2D eigenvalue weighted by Gasteiger charge is -2.13. The van der Waals surface area contributed by atoms with Crippen LogP contribution < -0.4 is 4.74 Å². The summed E-state index contributed by atoms with van der Waals surface area (Å²) in [4.78, 5) is 10.9. The van der Waals surface area contributed by atoms with Crippen molar-refractivity contribution in [1.82, 2.24) is 9.78 Å². The number of hydrogen-bond donors (Lipinski definition) is 1. The number of carbonyl (C=O) groups is 1. The molecule has 0 fully saturated rings. The lowest BCUT2D eigenvalue weighted by atomic mass is 9.98. The molecular weight excluding hydrogens is 340 g/mol. The minimum atomic E-state index is -0.784. The van der Waals surface area contributed by atoms with Gasteiger partial charge in [0.1, 0.15) is 12.4 Å². The largest absolute Gasteiger partial charge is 0.489 e. The van der Waals surface area contributed by atoms with Crippen LogP contribution in [-0.2, 0) is 11.4 Å². The summed E-state index contributed by atoms with van der Waals surface area (Å²) < 4.78 is 8.02. The number of ether oxygens (including phenoxy) is 1. The highest BCUT2D eigenvalue weighted by molar-refractivity contribution is 5.85. The molecule has 1 N–H and O–H groups in total. The number of aromatic nitrogens is 2. The fourth-order valence-corrected chi connectivity index (χ4v) is 3.34. The van der Waals surface area contributed by atoms with Gasteiger partial charge in [0, 0.05) is 17.0 Å². The molecule has 1 atom stereocenters. The summed E-state index contributed by atoms with van der Waals surface area (Å²) in [7, 11) is 0. The summed E-state index contributed by atoms with van der Waals surface area (Å²) in [5.41, 5.74) is 4.46. The maximum Gasteiger partial charge on any atom is 0.303 e. The van der Waals surface area contributed by atoms with E-state index in [1.165, 1.54) is 5.56 Å². The van der Waals surface area contributed by atoms with Crippen molar-refractivity contribution in [3.05, 3.63) is 59.3 Å². The zero-order valence-electron chi connectivity index (χ0n) is 16.3. The van der Waals surface area contributed by atoms with Crippen LogP contribution in [0.5, 0.6) is 5.75 Å². The fourth-order valence-electron chi connectivity index (χ4n) is 3.34. The minimum Gasteiger partial charge on any atom is -0.489 e. The molecule has 3 aromatic rings. The van der Waals surface area contributed by atoms with Gasteiger partial charge in [-0.15, -0.1) is 0 Å². The van der Waals surface area contributed by atoms with E-state index in [2.05, 4.69) is 38.0 Å². The number of aryl methyl sites for hydroxylation is 1. The Labute approximate surface area is 159 Å². The van der Waals surface area contributed by atoms with Crippen LogP contribution in [0.4, 0.5) is 0 Å². The molecule has 1 heterocycles. The minimum absolute atomic E-state index is 0.0184. The van der Waals surface area contributed by atoms with Crippen molar-refractivity contribution >= 4 is 16.9 Å². The molecule has 0 aliphatic rings. The number of aliphatic carboxylic acids is 1. The molecule has 0 aliphatic heterocycles. The average Bonchev–Trinajstić information content (AvgIpc) is 3.07. The smallest absolute Gasteiger partial charge is 0.303 e. The van der Waals surface area contributed by atoms with Gasteiger partial charge >= 0.3 is 5.97 Å². The first-order valence-electron chi connectivity index (χ1n) is 9.27. The van der Waals surface area contributed by atoms with E-state index in [9.17, 15) is 4.79 Å². The Balaban J connectivity index is 1.75. The lowest BCUT2D eigenvalue weighted by Crippen LogP contribution is -2.04. The van der Waals surface area contributed by atoms with E-state index in [0.717, 1.165) is 27.8 Å². The van der Waals surface area contributed by atoms with Gasteiger partial charge in [-0.1, -0.05) is 31.2 Å². The molecule has 0 spiro atoms. The Kier molecular flexibility index (Phi) is 5.49. The Morgan fingerprint density at radius 2 is 1.85 bits per heavy atom. The van der Waals surface area contributed by atoms with Crippen molar-refractivity contribution in [2.45, 2.75) is 52.7 Å². The van der Waals surface area contributed by atoms with Gasteiger partial charge in [0.25, 0.3) is 0 Å². The van der Waals surface area contributed by atoms with Gasteiger partial charge in [-0.25, -0.2) is 0 Å². The highest BCUT2D eigenvalue weighted by Gasteiger charge is 2.13. The molecular formula is C22H26N2O3. The van der Waals surface area contributed by atoms with Crippen LogP contribution in [0.1, 0.15) is 55.8 Å². The van der Waals surface area contributed by atoms with Crippen molar-refractivity contribution in [3.63, 3.8) is 0 Å². The molecule has 2 aromatic carbocycles. The van der Waals surface area contributed by atoms with Gasteiger partial charge in [0.15, 0.2) is 0 Å². The number of rotatable bonds is 7. The van der Waals surface area contributed by atoms with Crippen LogP contribution in [0, 0.1) is 6.92 Å². The zero-order valence-corrected chi connectivity index (χ0v) is 16.3. The summed E-state index contributed by atoms with van der Waals surface area (Å²) in [6, 6.07) is 12.2. The summed E-state index contributed by atoms with van der Waals surface area (Å²) >= 11 is 0. The van der Waals surface area contributed by atoms with Gasteiger partial charge < -0.3 is 9.84 Å². The van der Waals surface area contributed by atoms with Gasteiger partial charge in [-0.05, 0) is 49.9 Å². The predicted molar refractivity (Wildman–Crippen MR) is 106 cm³/mol. The highest BCUT2D eigenvalue weighted by Crippen LogP contribution is 2.27. The molecule has 5 heteroatoms. The SMILES string of the molecule is Cc1ccc(COc2ccc(C(C)CC(=O)O)cc2)c2cnn(C(C)C)c12. The first-order chi connectivity index (χ1) is 12.9. The van der Waals surface area contributed by atoms with Crippen LogP contribution in [0.3, 0.4) is 0 Å². The molecule has 1 aromatic heterocycles. The first kappa shape index (κ1) is 19.0. The van der Waals surface area contributed by atoms with E-state index in [1.54, 1.807) is 0 Å². The zero-order chi connectivity index (χ0) is 19.6. The normalized spacial score (nSPS) is 12.5. The average molecular weight is 366 g/mol. The van der Waals surface area contributed by atoms with Crippen molar-refractivity contribution in [2.24, 2.45) is 0 Å². The van der Waals surface area contributed by atoms with Gasteiger partial charge in [0.2, 0.25) is 0 Å². The number of carboxylic acids is 1. The van der Waals surface area contributed by atoms with E-state index in [0.29, 0.717) is 12.6 Å². The van der Waals surface area contributed by atoms with Crippen LogP contribution >= 0.6 is 0 Å². The Morgan fingerprint density at radius 1 is 1.15 bits per heavy atom. The molecule has 1 unspecified atom stereocenters. The number of nitrogens with zero attached hydrogens (tertiary/aromatic N) is 2. The fraction of sp³-hybridized carbons (Fsp3) is 0.364. The molecule has 0 saturated carbocycles. The Morgan fingerprint density at radius 3 is 2.48 bits per heavy atom. The maximum atomic E-state index is 10.9. The highest BCUT2D eigenvalue weighted by atomic mass is 16.5. The van der Waals surface area contributed by atoms with Crippen molar-refractivity contribution < 1.29 is 14.6 Å². The number of benzene rings is 2. The maximum absolute atomic E-state index is 10.9. The Bertz CT molecular complexity index is 942. The topological polar surface area (TPSA) is 64.3 Å². The molecule has 3 rings (SSSR count). The van der Waals surface area contributed by atoms with E-state index >= 15 is 0 Å². The summed E-state index contributed by atoms with van der Waals surface area (Å²) in [5.74, 6) is -0.0328. The number of carboxylic acid groups (broad SMARTS) is 1. The summed E-state index contributed by atoms with van der Waals surface area (Å²) in [6.45, 7) is 8.73.